The predicted octanol–water partition coefficient (Wildman–Crippen LogP) is 3.09. The molecule has 140 valence electrons. The molecule has 3 rings (SSSR count). The Morgan fingerprint density at radius 2 is 1.14 bits per heavy atom. The molecule has 0 aliphatic heterocycles. The number of rotatable bonds is 7. The minimum atomic E-state index is -0.688. The highest BCUT2D eigenvalue weighted by Crippen LogP contribution is 2.29. The second kappa shape index (κ2) is 8.31. The van der Waals surface area contributed by atoms with Crippen LogP contribution in [0.3, 0.4) is 0 Å². The number of primary amides is 2. The Labute approximate surface area is 163 Å². The number of nitrogens with two attached hydrogens (primary N) is 2. The number of hydrogen-bond acceptors (Lipinski definition) is 3. The van der Waals surface area contributed by atoms with Crippen LogP contribution in [0.4, 0.5) is 0 Å². The summed E-state index contributed by atoms with van der Waals surface area (Å²) in [6, 6.07) is 22.7. The summed E-state index contributed by atoms with van der Waals surface area (Å²) in [5, 5.41) is 0. The Hall–Kier alpha value is -3.73. The van der Waals surface area contributed by atoms with Crippen LogP contribution in [0.1, 0.15) is 48.1 Å². The summed E-state index contributed by atoms with van der Waals surface area (Å²) in [6.45, 7) is 0. The highest BCUT2D eigenvalue weighted by molar-refractivity contribution is 6.11. The minimum Gasteiger partial charge on any atom is -0.366 e. The van der Waals surface area contributed by atoms with E-state index in [4.69, 9.17) is 11.5 Å². The smallest absolute Gasteiger partial charge is 0.249 e. The van der Waals surface area contributed by atoms with E-state index in [1.54, 1.807) is 42.5 Å². The molecule has 1 unspecified atom stereocenters. The topological polar surface area (TPSA) is 103 Å². The van der Waals surface area contributed by atoms with Gasteiger partial charge in [-0.15, -0.1) is 0 Å². The monoisotopic (exact) mass is 372 g/mol. The molecule has 0 aromatic heterocycles. The second-order valence-corrected chi connectivity index (χ2v) is 6.47. The van der Waals surface area contributed by atoms with Crippen LogP contribution in [0.25, 0.3) is 0 Å². The molecule has 3 aromatic carbocycles. The molecule has 0 fully saturated rings. The summed E-state index contributed by atoms with van der Waals surface area (Å²) < 4.78 is 0. The van der Waals surface area contributed by atoms with Crippen molar-refractivity contribution in [3.63, 3.8) is 0 Å². The van der Waals surface area contributed by atoms with Crippen molar-refractivity contribution in [2.75, 3.05) is 0 Å². The van der Waals surface area contributed by atoms with Gasteiger partial charge in [0.15, 0.2) is 5.78 Å². The first-order valence-electron chi connectivity index (χ1n) is 8.84. The highest BCUT2D eigenvalue weighted by Gasteiger charge is 2.28. The van der Waals surface area contributed by atoms with E-state index in [2.05, 4.69) is 0 Å². The lowest BCUT2D eigenvalue weighted by atomic mass is 9.82. The SMILES string of the molecule is NC(=O)c1ccccc1C(=O)C(Cc1ccccc1)c1ccccc1C(N)=O. The predicted molar refractivity (Wildman–Crippen MR) is 107 cm³/mol. The zero-order valence-electron chi connectivity index (χ0n) is 15.2. The maximum absolute atomic E-state index is 13.5. The Bertz CT molecular complexity index is 1030. The van der Waals surface area contributed by atoms with Crippen molar-refractivity contribution in [3.05, 3.63) is 107 Å². The summed E-state index contributed by atoms with van der Waals surface area (Å²) in [6.07, 6.45) is 0.358. The van der Waals surface area contributed by atoms with Gasteiger partial charge in [0.1, 0.15) is 0 Å². The zero-order chi connectivity index (χ0) is 20.1. The van der Waals surface area contributed by atoms with Crippen LogP contribution < -0.4 is 11.5 Å². The van der Waals surface area contributed by atoms with E-state index in [0.29, 0.717) is 12.0 Å². The van der Waals surface area contributed by atoms with Crippen LogP contribution in [0.2, 0.25) is 0 Å². The number of carbonyl (C=O) groups is 3. The lowest BCUT2D eigenvalue weighted by Crippen LogP contribution is -2.24. The molecule has 0 bridgehead atoms. The first-order chi connectivity index (χ1) is 13.5. The van der Waals surface area contributed by atoms with E-state index in [9.17, 15) is 14.4 Å². The van der Waals surface area contributed by atoms with Gasteiger partial charge in [0.05, 0.1) is 5.92 Å². The molecule has 1 atom stereocenters. The Morgan fingerprint density at radius 1 is 0.643 bits per heavy atom. The average molecular weight is 372 g/mol. The van der Waals surface area contributed by atoms with Crippen molar-refractivity contribution < 1.29 is 14.4 Å². The maximum Gasteiger partial charge on any atom is 0.249 e. The van der Waals surface area contributed by atoms with Gasteiger partial charge in [-0.1, -0.05) is 66.7 Å². The van der Waals surface area contributed by atoms with Crippen molar-refractivity contribution in [2.24, 2.45) is 11.5 Å². The van der Waals surface area contributed by atoms with Gasteiger partial charge in [0.2, 0.25) is 11.8 Å². The van der Waals surface area contributed by atoms with Gasteiger partial charge in [0.25, 0.3) is 0 Å². The van der Waals surface area contributed by atoms with Crippen LogP contribution in [-0.2, 0) is 6.42 Å². The second-order valence-electron chi connectivity index (χ2n) is 6.47. The molecule has 0 spiro atoms. The number of benzene rings is 3. The molecule has 0 aliphatic carbocycles. The fraction of sp³-hybridized carbons (Fsp3) is 0.0870. The average Bonchev–Trinajstić information content (AvgIpc) is 2.72. The molecule has 0 saturated heterocycles. The molecule has 2 amide bonds. The van der Waals surface area contributed by atoms with Crippen LogP contribution in [0, 0.1) is 0 Å². The van der Waals surface area contributed by atoms with Crippen molar-refractivity contribution in [3.8, 4) is 0 Å². The molecular formula is C23H20N2O3. The largest absolute Gasteiger partial charge is 0.366 e. The molecule has 5 nitrogen and oxygen atoms in total. The lowest BCUT2D eigenvalue weighted by Gasteiger charge is -2.20. The number of hydrogen-bond donors (Lipinski definition) is 2. The Balaban J connectivity index is 2.14. The fourth-order valence-corrected chi connectivity index (χ4v) is 3.32. The molecule has 3 aromatic rings. The normalized spacial score (nSPS) is 11.6. The van der Waals surface area contributed by atoms with Crippen molar-refractivity contribution >= 4 is 17.6 Å². The Morgan fingerprint density at radius 3 is 1.75 bits per heavy atom. The number of carbonyl (C=O) groups excluding carboxylic acids is 3. The van der Waals surface area contributed by atoms with E-state index in [1.807, 2.05) is 30.3 Å². The van der Waals surface area contributed by atoms with E-state index < -0.39 is 17.7 Å². The fourth-order valence-electron chi connectivity index (χ4n) is 3.32. The van der Waals surface area contributed by atoms with E-state index >= 15 is 0 Å². The van der Waals surface area contributed by atoms with Gasteiger partial charge < -0.3 is 11.5 Å². The summed E-state index contributed by atoms with van der Waals surface area (Å²) in [4.78, 5) is 37.3. The summed E-state index contributed by atoms with van der Waals surface area (Å²) >= 11 is 0. The molecule has 0 aliphatic rings. The van der Waals surface area contributed by atoms with Crippen LogP contribution in [0.15, 0.2) is 78.9 Å². The maximum atomic E-state index is 13.5. The van der Waals surface area contributed by atoms with Gasteiger partial charge in [0, 0.05) is 16.7 Å². The molecule has 0 radical (unpaired) electrons. The van der Waals surface area contributed by atoms with Gasteiger partial charge >= 0.3 is 0 Å². The molecular weight excluding hydrogens is 352 g/mol. The highest BCUT2D eigenvalue weighted by atomic mass is 16.2. The van der Waals surface area contributed by atoms with E-state index in [0.717, 1.165) is 5.56 Å². The number of Topliss-reactive ketones (excluding diaryl/α,β-unsaturated/α-hetero) is 1. The Kier molecular flexibility index (Phi) is 5.65. The first-order valence-corrected chi connectivity index (χ1v) is 8.84. The van der Waals surface area contributed by atoms with Gasteiger partial charge in [-0.05, 0) is 29.7 Å². The number of amides is 2. The lowest BCUT2D eigenvalue weighted by molar-refractivity contribution is 0.0938. The standard InChI is InChI=1S/C23H20N2O3/c24-22(27)18-12-6-4-10-16(18)20(14-15-8-2-1-3-9-15)21(26)17-11-5-7-13-19(17)23(25)28/h1-13,20H,14H2,(H2,24,27)(H2,25,28). The third-order valence-electron chi connectivity index (χ3n) is 4.66. The minimum absolute atomic E-state index is 0.155. The van der Waals surface area contributed by atoms with Crippen LogP contribution >= 0.6 is 0 Å². The van der Waals surface area contributed by atoms with Crippen LogP contribution in [0.5, 0.6) is 0 Å². The number of ketones is 1. The summed E-state index contributed by atoms with van der Waals surface area (Å²) in [7, 11) is 0. The summed E-state index contributed by atoms with van der Waals surface area (Å²) in [5.41, 5.74) is 13.1. The van der Waals surface area contributed by atoms with Crippen molar-refractivity contribution in [1.29, 1.82) is 0 Å². The summed E-state index contributed by atoms with van der Waals surface area (Å²) in [5.74, 6) is -2.26. The van der Waals surface area contributed by atoms with E-state index in [-0.39, 0.29) is 22.5 Å². The van der Waals surface area contributed by atoms with Crippen LogP contribution in [-0.4, -0.2) is 17.6 Å². The molecule has 4 N–H and O–H groups in total. The molecule has 0 saturated carbocycles. The third kappa shape index (κ3) is 3.99. The molecule has 28 heavy (non-hydrogen) atoms. The van der Waals surface area contributed by atoms with Gasteiger partial charge in [-0.2, -0.15) is 0 Å². The zero-order valence-corrected chi connectivity index (χ0v) is 15.2. The van der Waals surface area contributed by atoms with E-state index in [1.165, 1.54) is 6.07 Å². The van der Waals surface area contributed by atoms with Gasteiger partial charge in [-0.25, -0.2) is 0 Å². The molecule has 0 heterocycles. The van der Waals surface area contributed by atoms with Crippen molar-refractivity contribution in [2.45, 2.75) is 12.3 Å². The molecule has 5 heteroatoms. The quantitative estimate of drug-likeness (QED) is 0.623. The third-order valence-corrected chi connectivity index (χ3v) is 4.66. The van der Waals surface area contributed by atoms with Crippen molar-refractivity contribution in [1.82, 2.24) is 0 Å². The first kappa shape index (κ1) is 19.0. The van der Waals surface area contributed by atoms with Gasteiger partial charge in [-0.3, -0.25) is 14.4 Å².